The summed E-state index contributed by atoms with van der Waals surface area (Å²) in [6, 6.07) is 0.0288. The molecule has 1 aromatic heterocycles. The molecule has 0 aliphatic heterocycles. The van der Waals surface area contributed by atoms with Gasteiger partial charge in [0.05, 0.1) is 12.4 Å². The second-order valence-electron chi connectivity index (χ2n) is 4.64. The molecule has 1 heterocycles. The Morgan fingerprint density at radius 3 is 2.43 bits per heavy atom. The van der Waals surface area contributed by atoms with Crippen LogP contribution in [0.2, 0.25) is 0 Å². The topological polar surface area (TPSA) is 113 Å². The van der Waals surface area contributed by atoms with Crippen LogP contribution in [0.15, 0.2) is 17.3 Å². The molecule has 9 heteroatoms. The van der Waals surface area contributed by atoms with Crippen LogP contribution in [0.5, 0.6) is 0 Å². The van der Waals surface area contributed by atoms with Crippen molar-refractivity contribution in [3.05, 3.63) is 12.4 Å². The first-order valence-corrected chi connectivity index (χ1v) is 8.18. The Bertz CT molecular complexity index is 557. The number of hydrogen-bond donors (Lipinski definition) is 3. The lowest BCUT2D eigenvalue weighted by Crippen LogP contribution is -2.34. The highest BCUT2D eigenvalue weighted by Crippen LogP contribution is 2.07. The summed E-state index contributed by atoms with van der Waals surface area (Å²) < 4.78 is 26.3. The van der Waals surface area contributed by atoms with E-state index in [1.54, 1.807) is 0 Å². The van der Waals surface area contributed by atoms with Crippen LogP contribution in [0.4, 0.5) is 5.95 Å². The van der Waals surface area contributed by atoms with E-state index in [2.05, 4.69) is 25.3 Å². The Kier molecular flexibility index (Phi) is 6.50. The van der Waals surface area contributed by atoms with E-state index >= 15 is 0 Å². The molecule has 0 aromatic carbocycles. The molecule has 0 unspecified atom stereocenters. The third-order valence-corrected chi connectivity index (χ3v) is 3.78. The van der Waals surface area contributed by atoms with E-state index in [-0.39, 0.29) is 29.8 Å². The van der Waals surface area contributed by atoms with Gasteiger partial charge in [-0.15, -0.1) is 0 Å². The average Bonchev–Trinajstić information content (AvgIpc) is 2.38. The minimum atomic E-state index is -3.70. The van der Waals surface area contributed by atoms with Gasteiger partial charge < -0.3 is 10.6 Å². The molecule has 118 valence electrons. The standard InChI is InChI=1S/C12H21N5O3S/c1-4-13-12-14-7-10(8-15-12)21(19,20)16-6-5-11(18)17-9(2)3/h7-9,16H,4-6H2,1-3H3,(H,17,18)(H,13,14,15). The Hall–Kier alpha value is -1.74. The quantitative estimate of drug-likeness (QED) is 0.627. The Balaban J connectivity index is 2.55. The van der Waals surface area contributed by atoms with Crippen molar-refractivity contribution < 1.29 is 13.2 Å². The van der Waals surface area contributed by atoms with Gasteiger partial charge in [-0.2, -0.15) is 0 Å². The van der Waals surface area contributed by atoms with Crippen LogP contribution >= 0.6 is 0 Å². The number of nitrogens with one attached hydrogen (secondary N) is 3. The molecule has 0 saturated heterocycles. The van der Waals surface area contributed by atoms with E-state index in [0.717, 1.165) is 0 Å². The van der Waals surface area contributed by atoms with Crippen LogP contribution in [0.3, 0.4) is 0 Å². The van der Waals surface area contributed by atoms with Crippen LogP contribution in [0.25, 0.3) is 0 Å². The lowest BCUT2D eigenvalue weighted by Gasteiger charge is -2.09. The zero-order valence-corrected chi connectivity index (χ0v) is 13.2. The maximum Gasteiger partial charge on any atom is 0.243 e. The van der Waals surface area contributed by atoms with E-state index in [9.17, 15) is 13.2 Å². The molecule has 0 bridgehead atoms. The molecule has 0 radical (unpaired) electrons. The van der Waals surface area contributed by atoms with Crippen molar-refractivity contribution in [3.63, 3.8) is 0 Å². The summed E-state index contributed by atoms with van der Waals surface area (Å²) in [4.78, 5) is 19.2. The van der Waals surface area contributed by atoms with Gasteiger partial charge in [0.2, 0.25) is 21.9 Å². The fraction of sp³-hybridized carbons (Fsp3) is 0.583. The van der Waals surface area contributed by atoms with E-state index in [1.807, 2.05) is 20.8 Å². The molecular formula is C12H21N5O3S. The third kappa shape index (κ3) is 6.05. The molecule has 0 aliphatic rings. The summed E-state index contributed by atoms with van der Waals surface area (Å²) in [6.07, 6.45) is 2.52. The molecule has 0 fully saturated rings. The average molecular weight is 315 g/mol. The van der Waals surface area contributed by atoms with Gasteiger partial charge in [0, 0.05) is 25.6 Å². The highest BCUT2D eigenvalue weighted by atomic mass is 32.2. The smallest absolute Gasteiger partial charge is 0.243 e. The first kappa shape index (κ1) is 17.3. The predicted molar refractivity (Wildman–Crippen MR) is 79.3 cm³/mol. The zero-order chi connectivity index (χ0) is 15.9. The molecule has 1 rings (SSSR count). The molecule has 1 aromatic rings. The summed E-state index contributed by atoms with van der Waals surface area (Å²) >= 11 is 0. The summed E-state index contributed by atoms with van der Waals surface area (Å²) in [5, 5.41) is 5.56. The van der Waals surface area contributed by atoms with Crippen LogP contribution in [-0.4, -0.2) is 43.4 Å². The number of amides is 1. The molecule has 0 aliphatic carbocycles. The highest BCUT2D eigenvalue weighted by molar-refractivity contribution is 7.89. The number of hydrogen-bond acceptors (Lipinski definition) is 6. The third-order valence-electron chi connectivity index (χ3n) is 2.37. The van der Waals surface area contributed by atoms with Crippen LogP contribution < -0.4 is 15.4 Å². The maximum absolute atomic E-state index is 12.0. The number of aromatic nitrogens is 2. The normalized spacial score (nSPS) is 11.4. The largest absolute Gasteiger partial charge is 0.355 e. The van der Waals surface area contributed by atoms with Crippen molar-refractivity contribution >= 4 is 21.9 Å². The van der Waals surface area contributed by atoms with E-state index in [1.165, 1.54) is 12.4 Å². The van der Waals surface area contributed by atoms with Crippen LogP contribution in [0.1, 0.15) is 27.2 Å². The Morgan fingerprint density at radius 1 is 1.29 bits per heavy atom. The van der Waals surface area contributed by atoms with Gasteiger partial charge in [-0.3, -0.25) is 4.79 Å². The predicted octanol–water partition coefficient (Wildman–Crippen LogP) is 0.101. The second kappa shape index (κ2) is 7.89. The first-order valence-electron chi connectivity index (χ1n) is 6.70. The van der Waals surface area contributed by atoms with Crippen molar-refractivity contribution in [2.24, 2.45) is 0 Å². The monoisotopic (exact) mass is 315 g/mol. The fourth-order valence-electron chi connectivity index (χ4n) is 1.48. The number of nitrogens with zero attached hydrogens (tertiary/aromatic N) is 2. The summed E-state index contributed by atoms with van der Waals surface area (Å²) in [6.45, 7) is 6.24. The summed E-state index contributed by atoms with van der Waals surface area (Å²) in [5.74, 6) is 0.166. The lowest BCUT2D eigenvalue weighted by molar-refractivity contribution is -0.121. The van der Waals surface area contributed by atoms with Crippen molar-refractivity contribution in [1.29, 1.82) is 0 Å². The molecule has 21 heavy (non-hydrogen) atoms. The Morgan fingerprint density at radius 2 is 1.90 bits per heavy atom. The van der Waals surface area contributed by atoms with Crippen molar-refractivity contribution in [3.8, 4) is 0 Å². The van der Waals surface area contributed by atoms with Gasteiger partial charge in [0.1, 0.15) is 4.90 Å². The summed E-state index contributed by atoms with van der Waals surface area (Å²) in [5.41, 5.74) is 0. The van der Waals surface area contributed by atoms with Crippen molar-refractivity contribution in [2.45, 2.75) is 38.1 Å². The number of carbonyl (C=O) groups excluding carboxylic acids is 1. The van der Waals surface area contributed by atoms with Gasteiger partial charge in [0.15, 0.2) is 0 Å². The molecule has 0 saturated carbocycles. The van der Waals surface area contributed by atoms with Crippen molar-refractivity contribution in [1.82, 2.24) is 20.0 Å². The molecule has 0 atom stereocenters. The Labute approximate surface area is 124 Å². The van der Waals surface area contributed by atoms with Gasteiger partial charge in [-0.25, -0.2) is 23.1 Å². The fourth-order valence-corrected chi connectivity index (χ4v) is 2.40. The lowest BCUT2D eigenvalue weighted by atomic mass is 10.3. The van der Waals surface area contributed by atoms with Gasteiger partial charge >= 0.3 is 0 Å². The minimum Gasteiger partial charge on any atom is -0.355 e. The highest BCUT2D eigenvalue weighted by Gasteiger charge is 2.15. The van der Waals surface area contributed by atoms with Crippen LogP contribution in [-0.2, 0) is 14.8 Å². The zero-order valence-electron chi connectivity index (χ0n) is 12.4. The first-order chi connectivity index (χ1) is 9.85. The molecule has 3 N–H and O–H groups in total. The minimum absolute atomic E-state index is 0.0237. The van der Waals surface area contributed by atoms with Crippen molar-refractivity contribution in [2.75, 3.05) is 18.4 Å². The molecular weight excluding hydrogens is 294 g/mol. The van der Waals surface area contributed by atoms with Gasteiger partial charge in [-0.1, -0.05) is 0 Å². The number of sulfonamides is 1. The van der Waals surface area contributed by atoms with Gasteiger partial charge in [0.25, 0.3) is 0 Å². The number of carbonyl (C=O) groups is 1. The number of anilines is 1. The summed E-state index contributed by atoms with van der Waals surface area (Å²) in [7, 11) is -3.70. The van der Waals surface area contributed by atoms with Crippen LogP contribution in [0, 0.1) is 0 Å². The molecule has 8 nitrogen and oxygen atoms in total. The van der Waals surface area contributed by atoms with E-state index < -0.39 is 10.0 Å². The molecule has 1 amide bonds. The van der Waals surface area contributed by atoms with E-state index in [4.69, 9.17) is 0 Å². The van der Waals surface area contributed by atoms with Gasteiger partial charge in [-0.05, 0) is 20.8 Å². The van der Waals surface area contributed by atoms with E-state index in [0.29, 0.717) is 12.5 Å². The maximum atomic E-state index is 12.0. The molecule has 0 spiro atoms. The second-order valence-corrected chi connectivity index (χ2v) is 6.41. The SMILES string of the molecule is CCNc1ncc(S(=O)(=O)NCCC(=O)NC(C)C)cn1. The number of rotatable bonds is 8.